The zero-order valence-corrected chi connectivity index (χ0v) is 14.1. The van der Waals surface area contributed by atoms with E-state index in [1.54, 1.807) is 48.5 Å². The van der Waals surface area contributed by atoms with Gasteiger partial charge in [-0.05, 0) is 48.5 Å². The van der Waals surface area contributed by atoms with Gasteiger partial charge < -0.3 is 18.9 Å². The summed E-state index contributed by atoms with van der Waals surface area (Å²) in [7, 11) is 2.08. The molecule has 0 unspecified atom stereocenters. The molecule has 2 rings (SSSR count). The number of esters is 2. The number of halogens is 2. The van der Waals surface area contributed by atoms with Gasteiger partial charge in [0.05, 0.1) is 14.2 Å². The van der Waals surface area contributed by atoms with Crippen molar-refractivity contribution in [2.24, 2.45) is 0 Å². The molecule has 2 aromatic carbocycles. The third-order valence-corrected chi connectivity index (χ3v) is 2.87. The van der Waals surface area contributed by atoms with Crippen molar-refractivity contribution in [3.05, 3.63) is 48.5 Å². The summed E-state index contributed by atoms with van der Waals surface area (Å²) in [5, 5.41) is 0. The molecule has 0 aliphatic carbocycles. The molecule has 0 fully saturated rings. The van der Waals surface area contributed by atoms with Crippen molar-refractivity contribution in [2.45, 2.75) is 6.42 Å². The lowest BCUT2D eigenvalue weighted by Gasteiger charge is -2.06. The highest BCUT2D eigenvalue weighted by Gasteiger charge is 2.14. The highest BCUT2D eigenvalue weighted by atomic mass is 19.2. The second-order valence-corrected chi connectivity index (χ2v) is 4.56. The molecule has 0 bridgehead atoms. The maximum Gasteiger partial charge on any atom is 0.577 e. The Bertz CT molecular complexity index is 632. The molecule has 6 nitrogen and oxygen atoms in total. The molecule has 9 heteroatoms. The van der Waals surface area contributed by atoms with Gasteiger partial charge in [-0.2, -0.15) is 0 Å². The van der Waals surface area contributed by atoms with E-state index in [4.69, 9.17) is 18.9 Å². The molecule has 0 spiro atoms. The Morgan fingerprint density at radius 3 is 1.27 bits per heavy atom. The van der Waals surface area contributed by atoms with Crippen LogP contribution in [0.5, 0.6) is 23.0 Å². The van der Waals surface area contributed by atoms with Crippen molar-refractivity contribution in [3.63, 3.8) is 0 Å². The SMILES string of the molecule is COc1ccc(OC(=O)CC(=O)Oc2ccc(OC)cc2)cc1.F[B]F. The van der Waals surface area contributed by atoms with Crippen LogP contribution in [-0.4, -0.2) is 34.0 Å². The highest BCUT2D eigenvalue weighted by Crippen LogP contribution is 2.19. The molecule has 0 aliphatic heterocycles. The van der Waals surface area contributed by atoms with Crippen molar-refractivity contribution >= 4 is 19.8 Å². The quantitative estimate of drug-likeness (QED) is 0.339. The number of methoxy groups -OCH3 is 2. The summed E-state index contributed by atoms with van der Waals surface area (Å²) >= 11 is 0. The number of ether oxygens (including phenoxy) is 4. The number of rotatable bonds is 6. The molecule has 0 saturated carbocycles. The van der Waals surface area contributed by atoms with Gasteiger partial charge in [-0.1, -0.05) is 0 Å². The van der Waals surface area contributed by atoms with E-state index in [1.807, 2.05) is 0 Å². The number of carbonyl (C=O) groups is 2. The van der Waals surface area contributed by atoms with Crippen molar-refractivity contribution in [1.29, 1.82) is 0 Å². The molecule has 0 heterocycles. The molecule has 2 aromatic rings. The molecule has 0 saturated heterocycles. The van der Waals surface area contributed by atoms with Gasteiger partial charge in [0.1, 0.15) is 29.4 Å². The van der Waals surface area contributed by atoms with Crippen molar-refractivity contribution in [3.8, 4) is 23.0 Å². The molecule has 0 atom stereocenters. The zero-order chi connectivity index (χ0) is 19.4. The minimum atomic E-state index is -1.00. The third kappa shape index (κ3) is 7.65. The van der Waals surface area contributed by atoms with Crippen LogP contribution in [0.2, 0.25) is 0 Å². The Morgan fingerprint density at radius 2 is 1.00 bits per heavy atom. The normalized spacial score (nSPS) is 9.23. The maximum atomic E-state index is 11.7. The first-order valence-electron chi connectivity index (χ1n) is 7.24. The first-order valence-corrected chi connectivity index (χ1v) is 7.24. The van der Waals surface area contributed by atoms with Crippen LogP contribution >= 0.6 is 0 Å². The van der Waals surface area contributed by atoms with E-state index in [9.17, 15) is 18.2 Å². The van der Waals surface area contributed by atoms with Crippen LogP contribution < -0.4 is 18.9 Å². The van der Waals surface area contributed by atoms with Gasteiger partial charge in [-0.3, -0.25) is 18.2 Å². The predicted molar refractivity (Wildman–Crippen MR) is 89.8 cm³/mol. The maximum absolute atomic E-state index is 11.7. The Kier molecular flexibility index (Phi) is 9.23. The van der Waals surface area contributed by atoms with Crippen molar-refractivity contribution in [1.82, 2.24) is 0 Å². The predicted octanol–water partition coefficient (Wildman–Crippen LogP) is 3.06. The largest absolute Gasteiger partial charge is 0.577 e. The minimum Gasteiger partial charge on any atom is -0.497 e. The Hall–Kier alpha value is -3.10. The van der Waals surface area contributed by atoms with Crippen LogP contribution in [0.1, 0.15) is 6.42 Å². The van der Waals surface area contributed by atoms with E-state index in [0.717, 1.165) is 0 Å². The fourth-order valence-electron chi connectivity index (χ4n) is 1.74. The first-order chi connectivity index (χ1) is 12.5. The van der Waals surface area contributed by atoms with Crippen molar-refractivity contribution in [2.75, 3.05) is 14.2 Å². The van der Waals surface area contributed by atoms with E-state index in [0.29, 0.717) is 23.0 Å². The smallest absolute Gasteiger partial charge is 0.497 e. The standard InChI is InChI=1S/C17H16O6.BF2/c1-20-12-3-7-14(8-4-12)22-16(18)11-17(19)23-15-9-5-13(21-2)6-10-15;2-1-3/h3-10H,11H2,1-2H3;. The van der Waals surface area contributed by atoms with Crippen LogP contribution in [-0.2, 0) is 9.59 Å². The number of hydrogen-bond donors (Lipinski definition) is 0. The average Bonchev–Trinajstić information content (AvgIpc) is 2.63. The fraction of sp³-hybridized carbons (Fsp3) is 0.176. The Labute approximate surface area is 150 Å². The molecule has 26 heavy (non-hydrogen) atoms. The molecule has 0 amide bonds. The number of carbonyl (C=O) groups excluding carboxylic acids is 2. The molecule has 0 aromatic heterocycles. The van der Waals surface area contributed by atoms with Crippen LogP contribution in [0, 0.1) is 0 Å². The van der Waals surface area contributed by atoms with Gasteiger partial charge in [-0.15, -0.1) is 0 Å². The molecule has 0 N–H and O–H groups in total. The van der Waals surface area contributed by atoms with Gasteiger partial charge >= 0.3 is 19.8 Å². The summed E-state index contributed by atoms with van der Waals surface area (Å²) in [5.41, 5.74) is 0. The number of benzene rings is 2. The first kappa shape index (κ1) is 20.9. The lowest BCUT2D eigenvalue weighted by molar-refractivity contribution is -0.144. The van der Waals surface area contributed by atoms with Gasteiger partial charge in [-0.25, -0.2) is 0 Å². The monoisotopic (exact) mass is 365 g/mol. The third-order valence-electron chi connectivity index (χ3n) is 2.87. The van der Waals surface area contributed by atoms with E-state index >= 15 is 0 Å². The van der Waals surface area contributed by atoms with Gasteiger partial charge in [0, 0.05) is 0 Å². The summed E-state index contributed by atoms with van der Waals surface area (Å²) in [6, 6.07) is 12.9. The summed E-state index contributed by atoms with van der Waals surface area (Å²) < 4.78 is 39.1. The molecular formula is C17H16BF2O6. The number of hydrogen-bond acceptors (Lipinski definition) is 6. The molecule has 137 valence electrons. The van der Waals surface area contributed by atoms with E-state index < -0.39 is 26.2 Å². The van der Waals surface area contributed by atoms with E-state index in [2.05, 4.69) is 0 Å². The molecule has 1 radical (unpaired) electrons. The Morgan fingerprint density at radius 1 is 0.731 bits per heavy atom. The molecular weight excluding hydrogens is 349 g/mol. The summed E-state index contributed by atoms with van der Waals surface area (Å²) in [4.78, 5) is 23.4. The van der Waals surface area contributed by atoms with Crippen LogP contribution in [0.4, 0.5) is 8.63 Å². The summed E-state index contributed by atoms with van der Waals surface area (Å²) in [6.07, 6.45) is -0.488. The topological polar surface area (TPSA) is 71.1 Å². The summed E-state index contributed by atoms with van der Waals surface area (Å²) in [6.45, 7) is 0. The van der Waals surface area contributed by atoms with Gasteiger partial charge in [0.2, 0.25) is 0 Å². The van der Waals surface area contributed by atoms with Crippen LogP contribution in [0.3, 0.4) is 0 Å². The van der Waals surface area contributed by atoms with Crippen LogP contribution in [0.15, 0.2) is 48.5 Å². The van der Waals surface area contributed by atoms with Crippen molar-refractivity contribution < 1.29 is 37.2 Å². The lowest BCUT2D eigenvalue weighted by Crippen LogP contribution is -2.18. The molecule has 0 aliphatic rings. The average molecular weight is 365 g/mol. The lowest BCUT2D eigenvalue weighted by atomic mass is 10.3. The van der Waals surface area contributed by atoms with Gasteiger partial charge in [0.15, 0.2) is 0 Å². The summed E-state index contributed by atoms with van der Waals surface area (Å²) in [5.74, 6) is 0.538. The van der Waals surface area contributed by atoms with Gasteiger partial charge in [0.25, 0.3) is 0 Å². The van der Waals surface area contributed by atoms with Crippen LogP contribution in [0.25, 0.3) is 0 Å². The zero-order valence-electron chi connectivity index (χ0n) is 14.1. The second-order valence-electron chi connectivity index (χ2n) is 4.56. The second kappa shape index (κ2) is 11.5. The Balaban J connectivity index is 0.00000105. The fourth-order valence-corrected chi connectivity index (χ4v) is 1.74. The van der Waals surface area contributed by atoms with E-state index in [-0.39, 0.29) is 0 Å². The minimum absolute atomic E-state index is 0.327. The van der Waals surface area contributed by atoms with E-state index in [1.165, 1.54) is 14.2 Å². The highest BCUT2D eigenvalue weighted by molar-refractivity contribution is 6.15.